The second-order valence-electron chi connectivity index (χ2n) is 7.55. The fourth-order valence-corrected chi connectivity index (χ4v) is 3.13. The highest BCUT2D eigenvalue weighted by Crippen LogP contribution is 2.37. The molecule has 0 radical (unpaired) electrons. The van der Waals surface area contributed by atoms with Crippen LogP contribution in [0.15, 0.2) is 24.3 Å². The molecule has 122 valence electrons. The predicted molar refractivity (Wildman–Crippen MR) is 87.7 cm³/mol. The van der Waals surface area contributed by atoms with Gasteiger partial charge in [0.2, 0.25) is 0 Å². The number of aliphatic hydroxyl groups excluding tert-OH is 1. The molecule has 0 bridgehead atoms. The van der Waals surface area contributed by atoms with Gasteiger partial charge in [-0.15, -0.1) is 0 Å². The van der Waals surface area contributed by atoms with Gasteiger partial charge in [-0.05, 0) is 57.1 Å². The van der Waals surface area contributed by atoms with Crippen molar-refractivity contribution in [1.29, 1.82) is 0 Å². The van der Waals surface area contributed by atoms with Gasteiger partial charge in [-0.3, -0.25) is 0 Å². The average molecular weight is 304 g/mol. The Morgan fingerprint density at radius 1 is 1.18 bits per heavy atom. The Bertz CT molecular complexity index is 508. The highest BCUT2D eigenvalue weighted by molar-refractivity contribution is 5.91. The topological polar surface area (TPSA) is 46.5 Å². The van der Waals surface area contributed by atoms with Crippen LogP contribution in [0.1, 0.15) is 75.4 Å². The van der Waals surface area contributed by atoms with E-state index in [-0.39, 0.29) is 11.9 Å². The smallest absolute Gasteiger partial charge is 0.339 e. The molecular weight excluding hydrogens is 276 g/mol. The Kier molecular flexibility index (Phi) is 5.28. The van der Waals surface area contributed by atoms with Crippen molar-refractivity contribution in [3.8, 4) is 0 Å². The lowest BCUT2D eigenvalue weighted by Gasteiger charge is -2.31. The lowest BCUT2D eigenvalue weighted by atomic mass is 9.78. The third-order valence-corrected chi connectivity index (χ3v) is 4.41. The largest absolute Gasteiger partial charge is 0.456 e. The van der Waals surface area contributed by atoms with Gasteiger partial charge in [0.1, 0.15) is 5.60 Å². The van der Waals surface area contributed by atoms with E-state index in [0.29, 0.717) is 11.1 Å². The van der Waals surface area contributed by atoms with Crippen molar-refractivity contribution >= 4 is 5.97 Å². The quantitative estimate of drug-likeness (QED) is 0.836. The van der Waals surface area contributed by atoms with Crippen molar-refractivity contribution in [3.05, 3.63) is 35.4 Å². The van der Waals surface area contributed by atoms with E-state index in [1.807, 2.05) is 39.0 Å². The first kappa shape index (κ1) is 17.0. The van der Waals surface area contributed by atoms with E-state index in [1.54, 1.807) is 6.07 Å². The van der Waals surface area contributed by atoms with Gasteiger partial charge in [0.25, 0.3) is 0 Å². The van der Waals surface area contributed by atoms with Crippen molar-refractivity contribution in [3.63, 3.8) is 0 Å². The Hall–Kier alpha value is -1.35. The Morgan fingerprint density at radius 3 is 2.36 bits per heavy atom. The number of ether oxygens (including phenoxy) is 1. The Labute approximate surface area is 133 Å². The zero-order valence-electron chi connectivity index (χ0n) is 14.1. The van der Waals surface area contributed by atoms with Crippen molar-refractivity contribution in [2.45, 2.75) is 65.1 Å². The van der Waals surface area contributed by atoms with Crippen LogP contribution in [0.5, 0.6) is 0 Å². The summed E-state index contributed by atoms with van der Waals surface area (Å²) in [7, 11) is 0. The van der Waals surface area contributed by atoms with E-state index in [0.717, 1.165) is 31.6 Å². The zero-order chi connectivity index (χ0) is 16.3. The molecule has 0 heterocycles. The first-order valence-corrected chi connectivity index (χ1v) is 8.28. The first-order chi connectivity index (χ1) is 10.3. The summed E-state index contributed by atoms with van der Waals surface area (Å²) in [6.07, 6.45) is 3.75. The molecule has 2 rings (SSSR count). The number of carbonyl (C=O) groups is 1. The summed E-state index contributed by atoms with van der Waals surface area (Å²) in [5.41, 5.74) is 0.662. The van der Waals surface area contributed by atoms with Crippen LogP contribution >= 0.6 is 0 Å². The predicted octanol–water partition coefficient (Wildman–Crippen LogP) is 4.50. The molecule has 1 unspecified atom stereocenters. The molecule has 1 aliphatic carbocycles. The first-order valence-electron chi connectivity index (χ1n) is 8.28. The number of rotatable bonds is 3. The summed E-state index contributed by atoms with van der Waals surface area (Å²) in [6, 6.07) is 7.29. The van der Waals surface area contributed by atoms with Crippen LogP contribution in [0, 0.1) is 11.8 Å². The van der Waals surface area contributed by atoms with Crippen LogP contribution in [-0.2, 0) is 4.74 Å². The van der Waals surface area contributed by atoms with Crippen LogP contribution in [-0.4, -0.2) is 16.7 Å². The fourth-order valence-electron chi connectivity index (χ4n) is 3.13. The maximum Gasteiger partial charge on any atom is 0.339 e. The monoisotopic (exact) mass is 304 g/mol. The van der Waals surface area contributed by atoms with Crippen molar-refractivity contribution in [2.75, 3.05) is 0 Å². The maximum atomic E-state index is 12.4. The van der Waals surface area contributed by atoms with Gasteiger partial charge >= 0.3 is 5.97 Å². The van der Waals surface area contributed by atoms with E-state index < -0.39 is 11.7 Å². The molecular formula is C19H28O3. The molecule has 0 saturated heterocycles. The Balaban J connectivity index is 2.19. The van der Waals surface area contributed by atoms with Crippen LogP contribution in [0.3, 0.4) is 0 Å². The van der Waals surface area contributed by atoms with Crippen LogP contribution < -0.4 is 0 Å². The molecule has 0 amide bonds. The summed E-state index contributed by atoms with van der Waals surface area (Å²) in [5.74, 6) is 0.621. The number of benzene rings is 1. The zero-order valence-corrected chi connectivity index (χ0v) is 14.1. The minimum absolute atomic E-state index is 0.236. The number of aliphatic hydroxyl groups is 1. The minimum atomic E-state index is -0.587. The van der Waals surface area contributed by atoms with Gasteiger partial charge in [-0.2, -0.15) is 0 Å². The number of hydrogen-bond donors (Lipinski definition) is 1. The molecule has 1 saturated carbocycles. The summed E-state index contributed by atoms with van der Waals surface area (Å²) in [4.78, 5) is 12.4. The lowest BCUT2D eigenvalue weighted by molar-refractivity contribution is 0.00581. The summed E-state index contributed by atoms with van der Waals surface area (Å²) >= 11 is 0. The summed E-state index contributed by atoms with van der Waals surface area (Å²) in [5, 5.41) is 10.8. The summed E-state index contributed by atoms with van der Waals surface area (Å²) in [6.45, 7) is 7.82. The highest BCUT2D eigenvalue weighted by atomic mass is 16.6. The minimum Gasteiger partial charge on any atom is -0.456 e. The number of esters is 1. The molecule has 0 spiro atoms. The maximum absolute atomic E-state index is 12.4. The van der Waals surface area contributed by atoms with Gasteiger partial charge in [-0.1, -0.05) is 38.0 Å². The van der Waals surface area contributed by atoms with Gasteiger partial charge in [0.15, 0.2) is 0 Å². The number of hydrogen-bond acceptors (Lipinski definition) is 3. The van der Waals surface area contributed by atoms with Gasteiger partial charge in [-0.25, -0.2) is 4.79 Å². The number of carbonyl (C=O) groups excluding carboxylic acids is 1. The Morgan fingerprint density at radius 2 is 1.77 bits per heavy atom. The molecule has 0 aromatic heterocycles. The second-order valence-corrected chi connectivity index (χ2v) is 7.55. The second kappa shape index (κ2) is 6.82. The molecule has 0 aliphatic heterocycles. The molecule has 1 N–H and O–H groups in total. The molecule has 1 aromatic carbocycles. The molecule has 22 heavy (non-hydrogen) atoms. The van der Waals surface area contributed by atoms with Crippen molar-refractivity contribution in [1.82, 2.24) is 0 Å². The van der Waals surface area contributed by atoms with E-state index in [4.69, 9.17) is 4.74 Å². The molecule has 3 nitrogen and oxygen atoms in total. The highest BCUT2D eigenvalue weighted by Gasteiger charge is 2.29. The van der Waals surface area contributed by atoms with E-state index in [2.05, 4.69) is 6.92 Å². The third-order valence-electron chi connectivity index (χ3n) is 4.41. The van der Waals surface area contributed by atoms with Crippen LogP contribution in [0.4, 0.5) is 0 Å². The van der Waals surface area contributed by atoms with Gasteiger partial charge in [0, 0.05) is 0 Å². The van der Waals surface area contributed by atoms with E-state index in [9.17, 15) is 9.90 Å². The van der Waals surface area contributed by atoms with Crippen LogP contribution in [0.2, 0.25) is 0 Å². The summed E-state index contributed by atoms with van der Waals surface area (Å²) < 4.78 is 5.47. The normalized spacial score (nSPS) is 23.9. The standard InChI is InChI=1S/C19H28O3/c1-13-9-11-14(12-10-13)17(20)15-7-5-6-8-16(15)18(21)22-19(2,3)4/h5-8,13-14,17,20H,9-12H2,1-4H3/t13-,14-,17?. The molecule has 1 fully saturated rings. The third kappa shape index (κ3) is 4.33. The molecule has 1 aromatic rings. The van der Waals surface area contributed by atoms with Gasteiger partial charge in [0.05, 0.1) is 11.7 Å². The van der Waals surface area contributed by atoms with Crippen molar-refractivity contribution in [2.24, 2.45) is 11.8 Å². The average Bonchev–Trinajstić information content (AvgIpc) is 2.45. The lowest BCUT2D eigenvalue weighted by Crippen LogP contribution is -2.26. The van der Waals surface area contributed by atoms with E-state index >= 15 is 0 Å². The molecule has 1 atom stereocenters. The van der Waals surface area contributed by atoms with Crippen LogP contribution in [0.25, 0.3) is 0 Å². The molecule has 1 aliphatic rings. The fraction of sp³-hybridized carbons (Fsp3) is 0.632. The van der Waals surface area contributed by atoms with Gasteiger partial charge < -0.3 is 9.84 Å². The van der Waals surface area contributed by atoms with E-state index in [1.165, 1.54) is 0 Å². The SMILES string of the molecule is CC(C)(C)OC(=O)c1ccccc1C(O)[C@H]1CC[C@H](C)CC1. The molecule has 3 heteroatoms. The van der Waals surface area contributed by atoms with Crippen molar-refractivity contribution < 1.29 is 14.6 Å².